The van der Waals surface area contributed by atoms with E-state index < -0.39 is 12.1 Å². The lowest BCUT2D eigenvalue weighted by atomic mass is 10.3. The van der Waals surface area contributed by atoms with Crippen LogP contribution in [0.1, 0.15) is 11.9 Å². The fourth-order valence-electron chi connectivity index (χ4n) is 0.610. The van der Waals surface area contributed by atoms with Crippen LogP contribution in [0.2, 0.25) is 0 Å². The van der Waals surface area contributed by atoms with Crippen molar-refractivity contribution in [2.75, 3.05) is 0 Å². The molecule has 1 atom stereocenters. The van der Waals surface area contributed by atoms with Crippen LogP contribution in [0.25, 0.3) is 0 Å². The highest BCUT2D eigenvalue weighted by Crippen LogP contribution is 2.16. The Hall–Kier alpha value is -0.950. The van der Waals surface area contributed by atoms with Gasteiger partial charge in [-0.1, -0.05) is 0 Å². The normalized spacial score (nSPS) is 14.9. The molecule has 1 unspecified atom stereocenters. The predicted molar refractivity (Wildman–Crippen MR) is 32.9 cm³/mol. The van der Waals surface area contributed by atoms with Gasteiger partial charge in [-0.05, 0) is 0 Å². The molecule has 1 aromatic rings. The predicted octanol–water partition coefficient (Wildman–Crippen LogP) is -1.93. The lowest BCUT2D eigenvalue weighted by Gasteiger charge is -2.18. The van der Waals surface area contributed by atoms with Gasteiger partial charge in [-0.25, -0.2) is 4.98 Å². The SMILES string of the molecule is OC(c1ncc[nH]1)C(O)(O)O. The van der Waals surface area contributed by atoms with E-state index in [1.807, 2.05) is 0 Å². The largest absolute Gasteiger partial charge is 0.378 e. The first kappa shape index (κ1) is 8.15. The average molecular weight is 160 g/mol. The van der Waals surface area contributed by atoms with Crippen LogP contribution in [0.3, 0.4) is 0 Å². The number of rotatable bonds is 2. The molecule has 0 aliphatic rings. The molecule has 5 N–H and O–H groups in total. The molecular weight excluding hydrogens is 152 g/mol. The second kappa shape index (κ2) is 2.59. The van der Waals surface area contributed by atoms with Crippen LogP contribution in [0, 0.1) is 0 Å². The topological polar surface area (TPSA) is 110 Å². The minimum absolute atomic E-state index is 0.113. The third-order valence-electron chi connectivity index (χ3n) is 1.15. The summed E-state index contributed by atoms with van der Waals surface area (Å²) in [6, 6.07) is 0. The number of hydrogen-bond acceptors (Lipinski definition) is 5. The molecule has 6 heteroatoms. The second-order valence-corrected chi connectivity index (χ2v) is 2.06. The van der Waals surface area contributed by atoms with Gasteiger partial charge in [0.05, 0.1) is 0 Å². The molecule has 0 aliphatic carbocycles. The van der Waals surface area contributed by atoms with Gasteiger partial charge in [0.15, 0.2) is 6.10 Å². The van der Waals surface area contributed by atoms with Crippen molar-refractivity contribution < 1.29 is 20.4 Å². The van der Waals surface area contributed by atoms with Crippen LogP contribution in [-0.2, 0) is 0 Å². The van der Waals surface area contributed by atoms with Gasteiger partial charge in [-0.3, -0.25) is 0 Å². The zero-order valence-corrected chi connectivity index (χ0v) is 5.47. The second-order valence-electron chi connectivity index (χ2n) is 2.06. The summed E-state index contributed by atoms with van der Waals surface area (Å²) >= 11 is 0. The molecule has 11 heavy (non-hydrogen) atoms. The van der Waals surface area contributed by atoms with Crippen molar-refractivity contribution >= 4 is 0 Å². The number of nitrogens with zero attached hydrogens (tertiary/aromatic N) is 1. The van der Waals surface area contributed by atoms with E-state index in [1.54, 1.807) is 0 Å². The van der Waals surface area contributed by atoms with Gasteiger partial charge in [0.25, 0.3) is 0 Å². The number of H-pyrrole nitrogens is 1. The first-order valence-electron chi connectivity index (χ1n) is 2.86. The monoisotopic (exact) mass is 160 g/mol. The van der Waals surface area contributed by atoms with Gasteiger partial charge in [-0.2, -0.15) is 0 Å². The Morgan fingerprint density at radius 3 is 2.45 bits per heavy atom. The summed E-state index contributed by atoms with van der Waals surface area (Å²) in [5.74, 6) is -3.27. The molecule has 0 fully saturated rings. The Morgan fingerprint density at radius 1 is 1.45 bits per heavy atom. The van der Waals surface area contributed by atoms with Gasteiger partial charge in [-0.15, -0.1) is 0 Å². The van der Waals surface area contributed by atoms with Gasteiger partial charge in [0, 0.05) is 12.4 Å². The minimum atomic E-state index is -3.15. The maximum absolute atomic E-state index is 8.90. The molecule has 0 saturated carbocycles. The molecule has 0 spiro atoms. The molecule has 62 valence electrons. The highest BCUT2D eigenvalue weighted by Gasteiger charge is 2.33. The number of aliphatic hydroxyl groups is 4. The van der Waals surface area contributed by atoms with E-state index in [1.165, 1.54) is 12.4 Å². The lowest BCUT2D eigenvalue weighted by Crippen LogP contribution is -2.36. The van der Waals surface area contributed by atoms with E-state index in [4.69, 9.17) is 20.4 Å². The number of aromatic amines is 1. The van der Waals surface area contributed by atoms with E-state index in [9.17, 15) is 0 Å². The van der Waals surface area contributed by atoms with Crippen molar-refractivity contribution in [2.24, 2.45) is 0 Å². The number of nitrogens with one attached hydrogen (secondary N) is 1. The first-order chi connectivity index (χ1) is 5.02. The van der Waals surface area contributed by atoms with Crippen molar-refractivity contribution in [1.82, 2.24) is 9.97 Å². The fraction of sp³-hybridized carbons (Fsp3) is 0.400. The lowest BCUT2D eigenvalue weighted by molar-refractivity contribution is -0.359. The molecule has 0 aliphatic heterocycles. The zero-order valence-electron chi connectivity index (χ0n) is 5.47. The number of aromatic nitrogens is 2. The Balaban J connectivity index is 2.78. The Morgan fingerprint density at radius 2 is 2.09 bits per heavy atom. The number of imidazole rings is 1. The van der Waals surface area contributed by atoms with Crippen LogP contribution in [-0.4, -0.2) is 36.4 Å². The molecule has 0 saturated heterocycles. The summed E-state index contributed by atoms with van der Waals surface area (Å²) < 4.78 is 0. The van der Waals surface area contributed by atoms with Gasteiger partial charge < -0.3 is 25.4 Å². The molecule has 6 nitrogen and oxygen atoms in total. The summed E-state index contributed by atoms with van der Waals surface area (Å²) in [7, 11) is 0. The molecule has 0 radical (unpaired) electrons. The zero-order chi connectivity index (χ0) is 8.48. The van der Waals surface area contributed by atoms with Crippen LogP contribution in [0.4, 0.5) is 0 Å². The third-order valence-corrected chi connectivity index (χ3v) is 1.15. The Kier molecular flexibility index (Phi) is 1.92. The van der Waals surface area contributed by atoms with Crippen LogP contribution < -0.4 is 0 Å². The number of aliphatic hydroxyl groups excluding tert-OH is 1. The molecule has 1 heterocycles. The number of hydrogen-bond donors (Lipinski definition) is 5. The fourth-order valence-corrected chi connectivity index (χ4v) is 0.610. The Labute approximate surface area is 61.8 Å². The smallest absolute Gasteiger partial charge is 0.310 e. The summed E-state index contributed by atoms with van der Waals surface area (Å²) in [6.45, 7) is 0. The van der Waals surface area contributed by atoms with Gasteiger partial charge in [0.2, 0.25) is 0 Å². The van der Waals surface area contributed by atoms with Crippen molar-refractivity contribution in [1.29, 1.82) is 0 Å². The van der Waals surface area contributed by atoms with E-state index in [0.29, 0.717) is 0 Å². The standard InChI is InChI=1S/C5H8N2O4/c8-3(5(9,10)11)4-6-1-2-7-4/h1-3,8-11H,(H,6,7). The van der Waals surface area contributed by atoms with E-state index in [0.717, 1.165) is 0 Å². The Bertz CT molecular complexity index is 215. The van der Waals surface area contributed by atoms with Gasteiger partial charge in [0.1, 0.15) is 5.82 Å². The van der Waals surface area contributed by atoms with Crippen LogP contribution in [0.5, 0.6) is 0 Å². The molecule has 0 aromatic carbocycles. The molecule has 1 rings (SSSR count). The molecule has 1 aromatic heterocycles. The molecule has 0 bridgehead atoms. The average Bonchev–Trinajstić information content (AvgIpc) is 2.34. The van der Waals surface area contributed by atoms with Crippen molar-refractivity contribution in [3.05, 3.63) is 18.2 Å². The minimum Gasteiger partial charge on any atom is -0.378 e. The van der Waals surface area contributed by atoms with Crippen molar-refractivity contribution in [3.63, 3.8) is 0 Å². The van der Waals surface area contributed by atoms with Crippen LogP contribution >= 0.6 is 0 Å². The maximum atomic E-state index is 8.90. The quantitative estimate of drug-likeness (QED) is 0.324. The van der Waals surface area contributed by atoms with Crippen LogP contribution in [0.15, 0.2) is 12.4 Å². The van der Waals surface area contributed by atoms with E-state index >= 15 is 0 Å². The summed E-state index contributed by atoms with van der Waals surface area (Å²) in [6.07, 6.45) is 0.840. The summed E-state index contributed by atoms with van der Waals surface area (Å²) in [5, 5.41) is 34.3. The highest BCUT2D eigenvalue weighted by atomic mass is 16.7. The first-order valence-corrected chi connectivity index (χ1v) is 2.86. The van der Waals surface area contributed by atoms with Gasteiger partial charge >= 0.3 is 5.97 Å². The summed E-state index contributed by atoms with van der Waals surface area (Å²) in [5.41, 5.74) is 0. The van der Waals surface area contributed by atoms with E-state index in [2.05, 4.69) is 9.97 Å². The van der Waals surface area contributed by atoms with Crippen molar-refractivity contribution in [3.8, 4) is 0 Å². The maximum Gasteiger partial charge on any atom is 0.310 e. The molecular formula is C5H8N2O4. The highest BCUT2D eigenvalue weighted by molar-refractivity contribution is 4.93. The third kappa shape index (κ3) is 1.75. The van der Waals surface area contributed by atoms with Crippen molar-refractivity contribution in [2.45, 2.75) is 12.1 Å². The molecule has 0 amide bonds. The van der Waals surface area contributed by atoms with E-state index in [-0.39, 0.29) is 5.82 Å². The summed E-state index contributed by atoms with van der Waals surface area (Å²) in [4.78, 5) is 5.90.